The summed E-state index contributed by atoms with van der Waals surface area (Å²) in [6, 6.07) is 10.7. The van der Waals surface area contributed by atoms with Crippen molar-refractivity contribution in [2.45, 2.75) is 38.8 Å². The number of H-pyrrole nitrogens is 1. The molecule has 0 aliphatic carbocycles. The summed E-state index contributed by atoms with van der Waals surface area (Å²) in [5.74, 6) is 0.858. The Morgan fingerprint density at radius 3 is 2.96 bits per heavy atom. The number of hydrogen-bond acceptors (Lipinski definition) is 3. The summed E-state index contributed by atoms with van der Waals surface area (Å²) in [7, 11) is 0. The fourth-order valence-electron chi connectivity index (χ4n) is 3.42. The average Bonchev–Trinajstić information content (AvgIpc) is 3.17. The van der Waals surface area contributed by atoms with Gasteiger partial charge in [-0.05, 0) is 57.0 Å². The minimum Gasteiger partial charge on any atom is -0.491 e. The minimum absolute atomic E-state index is 0.331. The fraction of sp³-hybridized carbons (Fsp3) is 0.474. The quantitative estimate of drug-likeness (QED) is 0.861. The Kier molecular flexibility index (Phi) is 5.03. The lowest BCUT2D eigenvalue weighted by molar-refractivity contribution is 0.0631. The van der Waals surface area contributed by atoms with Crippen LogP contribution in [0.2, 0.25) is 0 Å². The molecule has 3 rings (SSSR count). The lowest BCUT2D eigenvalue weighted by atomic mass is 10.1. The molecule has 1 saturated heterocycles. The molecular formula is C19H26N2O2. The Bertz CT molecular complexity index is 624. The Hall–Kier alpha value is -1.78. The van der Waals surface area contributed by atoms with Crippen LogP contribution in [-0.4, -0.2) is 40.8 Å². The number of aromatic nitrogens is 1. The molecule has 1 aromatic heterocycles. The van der Waals surface area contributed by atoms with Crippen molar-refractivity contribution in [2.24, 2.45) is 0 Å². The first-order valence-electron chi connectivity index (χ1n) is 8.39. The highest BCUT2D eigenvalue weighted by molar-refractivity contribution is 5.35. The van der Waals surface area contributed by atoms with Crippen molar-refractivity contribution in [3.63, 3.8) is 0 Å². The van der Waals surface area contributed by atoms with Gasteiger partial charge in [0.25, 0.3) is 0 Å². The summed E-state index contributed by atoms with van der Waals surface area (Å²) < 4.78 is 5.81. The van der Waals surface area contributed by atoms with E-state index in [1.165, 1.54) is 17.7 Å². The van der Waals surface area contributed by atoms with Gasteiger partial charge in [-0.1, -0.05) is 17.7 Å². The van der Waals surface area contributed by atoms with Gasteiger partial charge in [-0.2, -0.15) is 0 Å². The minimum atomic E-state index is -0.480. The molecule has 4 nitrogen and oxygen atoms in total. The predicted molar refractivity (Wildman–Crippen MR) is 91.8 cm³/mol. The summed E-state index contributed by atoms with van der Waals surface area (Å²) in [6.07, 6.45) is 3.80. The van der Waals surface area contributed by atoms with Gasteiger partial charge in [-0.15, -0.1) is 0 Å². The van der Waals surface area contributed by atoms with Gasteiger partial charge in [0, 0.05) is 24.5 Å². The number of hydrogen-bond donors (Lipinski definition) is 2. The van der Waals surface area contributed by atoms with Crippen molar-refractivity contribution in [3.8, 4) is 5.75 Å². The van der Waals surface area contributed by atoms with Crippen LogP contribution in [0, 0.1) is 13.8 Å². The van der Waals surface area contributed by atoms with Crippen molar-refractivity contribution in [1.29, 1.82) is 0 Å². The van der Waals surface area contributed by atoms with E-state index in [4.69, 9.17) is 4.74 Å². The number of likely N-dealkylation sites (tertiary alicyclic amines) is 1. The Balaban J connectivity index is 1.53. The van der Waals surface area contributed by atoms with E-state index in [-0.39, 0.29) is 0 Å². The molecule has 124 valence electrons. The van der Waals surface area contributed by atoms with Crippen LogP contribution in [0.3, 0.4) is 0 Å². The van der Waals surface area contributed by atoms with Gasteiger partial charge >= 0.3 is 0 Å². The number of nitrogens with zero attached hydrogens (tertiary/aromatic N) is 1. The Labute approximate surface area is 138 Å². The van der Waals surface area contributed by atoms with Crippen LogP contribution in [0.25, 0.3) is 0 Å². The molecule has 0 bridgehead atoms. The first-order chi connectivity index (χ1) is 11.1. The third-order valence-corrected chi connectivity index (χ3v) is 4.55. The second-order valence-electron chi connectivity index (χ2n) is 6.51. The smallest absolute Gasteiger partial charge is 0.122 e. The van der Waals surface area contributed by atoms with Crippen LogP contribution in [0.5, 0.6) is 5.75 Å². The van der Waals surface area contributed by atoms with Gasteiger partial charge in [0.2, 0.25) is 0 Å². The maximum Gasteiger partial charge on any atom is 0.122 e. The molecule has 2 atom stereocenters. The van der Waals surface area contributed by atoms with Crippen LogP contribution in [0.4, 0.5) is 0 Å². The maximum atomic E-state index is 10.4. The molecule has 1 aliphatic rings. The molecule has 0 amide bonds. The fourth-order valence-corrected chi connectivity index (χ4v) is 3.42. The van der Waals surface area contributed by atoms with Crippen molar-refractivity contribution < 1.29 is 9.84 Å². The van der Waals surface area contributed by atoms with Gasteiger partial charge in [-0.3, -0.25) is 4.90 Å². The summed E-state index contributed by atoms with van der Waals surface area (Å²) in [4.78, 5) is 5.65. The van der Waals surface area contributed by atoms with Crippen molar-refractivity contribution in [1.82, 2.24) is 9.88 Å². The van der Waals surface area contributed by atoms with Gasteiger partial charge < -0.3 is 14.8 Å². The number of β-amino-alcohol motifs (C(OH)–C–C–N with tert-alkyl or cyclic N) is 1. The average molecular weight is 314 g/mol. The molecule has 4 heteroatoms. The molecule has 0 spiro atoms. The van der Waals surface area contributed by atoms with Crippen molar-refractivity contribution in [2.75, 3.05) is 19.7 Å². The number of nitrogens with one attached hydrogen (secondary N) is 1. The van der Waals surface area contributed by atoms with Crippen LogP contribution in [-0.2, 0) is 0 Å². The Morgan fingerprint density at radius 2 is 2.22 bits per heavy atom. The van der Waals surface area contributed by atoms with E-state index in [1.807, 2.05) is 31.3 Å². The van der Waals surface area contributed by atoms with E-state index in [9.17, 15) is 5.11 Å². The van der Waals surface area contributed by atoms with E-state index >= 15 is 0 Å². The summed E-state index contributed by atoms with van der Waals surface area (Å²) >= 11 is 0. The van der Waals surface area contributed by atoms with Crippen LogP contribution in [0.1, 0.15) is 35.7 Å². The van der Waals surface area contributed by atoms with E-state index in [1.54, 1.807) is 0 Å². The highest BCUT2D eigenvalue weighted by Crippen LogP contribution is 2.30. The molecule has 2 unspecified atom stereocenters. The molecule has 2 N–H and O–H groups in total. The van der Waals surface area contributed by atoms with Crippen LogP contribution in [0.15, 0.2) is 36.5 Å². The number of aliphatic hydroxyl groups excluding tert-OH is 1. The summed E-state index contributed by atoms with van der Waals surface area (Å²) in [5.41, 5.74) is 3.58. The van der Waals surface area contributed by atoms with Gasteiger partial charge in [0.15, 0.2) is 0 Å². The molecular weight excluding hydrogens is 288 g/mol. The molecule has 2 aromatic rings. The van der Waals surface area contributed by atoms with E-state index in [0.717, 1.165) is 24.3 Å². The molecule has 23 heavy (non-hydrogen) atoms. The van der Waals surface area contributed by atoms with E-state index in [0.29, 0.717) is 19.2 Å². The highest BCUT2D eigenvalue weighted by Gasteiger charge is 2.28. The maximum absolute atomic E-state index is 10.4. The summed E-state index contributed by atoms with van der Waals surface area (Å²) in [6.45, 7) is 6.12. The van der Waals surface area contributed by atoms with Crippen molar-refractivity contribution in [3.05, 3.63) is 53.3 Å². The third-order valence-electron chi connectivity index (χ3n) is 4.55. The second-order valence-corrected chi connectivity index (χ2v) is 6.51. The molecule has 2 heterocycles. The number of aliphatic hydroxyl groups is 1. The first-order valence-corrected chi connectivity index (χ1v) is 8.39. The predicted octanol–water partition coefficient (Wildman–Crippen LogP) is 3.21. The molecule has 1 aliphatic heterocycles. The van der Waals surface area contributed by atoms with Crippen molar-refractivity contribution >= 4 is 0 Å². The van der Waals surface area contributed by atoms with Gasteiger partial charge in [0.1, 0.15) is 18.5 Å². The molecule has 0 saturated carbocycles. The zero-order chi connectivity index (χ0) is 16.2. The number of aromatic amines is 1. The number of ether oxygens (including phenoxy) is 1. The number of rotatable bonds is 6. The van der Waals surface area contributed by atoms with Gasteiger partial charge in [-0.25, -0.2) is 0 Å². The topological polar surface area (TPSA) is 48.5 Å². The third kappa shape index (κ3) is 3.95. The number of benzene rings is 1. The zero-order valence-electron chi connectivity index (χ0n) is 14.0. The molecule has 1 aromatic carbocycles. The zero-order valence-corrected chi connectivity index (χ0v) is 14.0. The van der Waals surface area contributed by atoms with E-state index in [2.05, 4.69) is 28.9 Å². The SMILES string of the molecule is Cc1ccc(OCC(O)CN2CCCC2c2ccc[nH]2)c(C)c1. The van der Waals surface area contributed by atoms with Crippen LogP contribution >= 0.6 is 0 Å². The lowest BCUT2D eigenvalue weighted by Crippen LogP contribution is -2.35. The normalized spacial score (nSPS) is 19.9. The number of aryl methyl sites for hydroxylation is 2. The van der Waals surface area contributed by atoms with E-state index < -0.39 is 6.10 Å². The largest absolute Gasteiger partial charge is 0.491 e. The first kappa shape index (κ1) is 16.1. The monoisotopic (exact) mass is 314 g/mol. The molecule has 1 fully saturated rings. The standard InChI is InChI=1S/C19H26N2O2/c1-14-7-8-19(15(2)11-14)23-13-16(22)12-21-10-4-6-18(21)17-5-3-9-20-17/h3,5,7-9,11,16,18,20,22H,4,6,10,12-13H2,1-2H3. The van der Waals surface area contributed by atoms with Crippen LogP contribution < -0.4 is 4.74 Å². The van der Waals surface area contributed by atoms with Gasteiger partial charge in [0.05, 0.1) is 0 Å². The lowest BCUT2D eigenvalue weighted by Gasteiger charge is -2.26. The highest BCUT2D eigenvalue weighted by atomic mass is 16.5. The Morgan fingerprint density at radius 1 is 1.35 bits per heavy atom. The second kappa shape index (κ2) is 7.20. The molecule has 0 radical (unpaired) electrons. The summed E-state index contributed by atoms with van der Waals surface area (Å²) in [5, 5.41) is 10.4.